The summed E-state index contributed by atoms with van der Waals surface area (Å²) < 4.78 is 11.5. The Morgan fingerprint density at radius 1 is 0.893 bits per heavy atom. The van der Waals surface area contributed by atoms with Crippen molar-refractivity contribution in [1.29, 1.82) is 0 Å². The van der Waals surface area contributed by atoms with Crippen molar-refractivity contribution in [1.82, 2.24) is 5.32 Å². The Bertz CT molecular complexity index is 891. The molecule has 0 aliphatic rings. The first-order chi connectivity index (χ1) is 13.6. The van der Waals surface area contributed by atoms with E-state index in [9.17, 15) is 4.79 Å². The molecule has 144 valence electrons. The first-order valence-electron chi connectivity index (χ1n) is 9.37. The minimum atomic E-state index is -0.148. The molecule has 0 aromatic heterocycles. The lowest BCUT2D eigenvalue weighted by Gasteiger charge is -2.15. The number of nitrogens with one attached hydrogen (secondary N) is 1. The van der Waals surface area contributed by atoms with Crippen LogP contribution >= 0.6 is 0 Å². The molecule has 0 radical (unpaired) electrons. The van der Waals surface area contributed by atoms with Crippen LogP contribution < -0.4 is 14.8 Å². The maximum atomic E-state index is 12.5. The Morgan fingerprint density at radius 3 is 2.39 bits per heavy atom. The van der Waals surface area contributed by atoms with E-state index in [2.05, 4.69) is 5.32 Å². The van der Waals surface area contributed by atoms with Crippen LogP contribution in [0.5, 0.6) is 11.5 Å². The molecule has 1 atom stereocenters. The van der Waals surface area contributed by atoms with Gasteiger partial charge in [-0.15, -0.1) is 0 Å². The summed E-state index contributed by atoms with van der Waals surface area (Å²) in [6.45, 7) is 4.82. The van der Waals surface area contributed by atoms with Crippen LogP contribution in [0.1, 0.15) is 28.4 Å². The highest BCUT2D eigenvalue weighted by Crippen LogP contribution is 2.16. The molecule has 0 saturated heterocycles. The van der Waals surface area contributed by atoms with Crippen molar-refractivity contribution < 1.29 is 14.3 Å². The third kappa shape index (κ3) is 5.88. The third-order valence-corrected chi connectivity index (χ3v) is 4.24. The molecule has 0 saturated carbocycles. The average Bonchev–Trinajstić information content (AvgIpc) is 2.73. The summed E-state index contributed by atoms with van der Waals surface area (Å²) in [6, 6.07) is 24.9. The zero-order valence-corrected chi connectivity index (χ0v) is 16.2. The number of rotatable bonds is 8. The van der Waals surface area contributed by atoms with Gasteiger partial charge in [0.1, 0.15) is 24.7 Å². The van der Waals surface area contributed by atoms with Gasteiger partial charge in [-0.05, 0) is 49.7 Å². The number of carbonyl (C=O) groups is 1. The van der Waals surface area contributed by atoms with Gasteiger partial charge >= 0.3 is 0 Å². The van der Waals surface area contributed by atoms with E-state index in [1.807, 2.05) is 80.6 Å². The average molecular weight is 375 g/mol. The molecule has 1 N–H and O–H groups in total. The number of carbonyl (C=O) groups excluding carboxylic acids is 1. The number of hydrogen-bond donors (Lipinski definition) is 1. The Balaban J connectivity index is 1.51. The van der Waals surface area contributed by atoms with Crippen molar-refractivity contribution in [2.75, 3.05) is 6.61 Å². The van der Waals surface area contributed by atoms with E-state index < -0.39 is 0 Å². The van der Waals surface area contributed by atoms with Gasteiger partial charge in [0.15, 0.2) is 0 Å². The first-order valence-corrected chi connectivity index (χ1v) is 9.37. The molecule has 4 heteroatoms. The molecule has 3 aromatic carbocycles. The zero-order chi connectivity index (χ0) is 19.8. The minimum absolute atomic E-state index is 0.123. The van der Waals surface area contributed by atoms with Crippen LogP contribution in [-0.4, -0.2) is 18.6 Å². The van der Waals surface area contributed by atoms with Crippen molar-refractivity contribution in [3.63, 3.8) is 0 Å². The predicted octanol–water partition coefficient (Wildman–Crippen LogP) is 4.77. The second kappa shape index (κ2) is 9.60. The fourth-order valence-electron chi connectivity index (χ4n) is 2.67. The molecule has 28 heavy (non-hydrogen) atoms. The molecule has 0 spiro atoms. The molecule has 3 rings (SSSR count). The molecule has 1 unspecified atom stereocenters. The summed E-state index contributed by atoms with van der Waals surface area (Å²) >= 11 is 0. The molecule has 0 heterocycles. The normalized spacial score (nSPS) is 11.5. The van der Waals surface area contributed by atoms with E-state index in [1.54, 1.807) is 12.1 Å². The van der Waals surface area contributed by atoms with Gasteiger partial charge in [-0.3, -0.25) is 4.79 Å². The minimum Gasteiger partial charge on any atom is -0.491 e. The topological polar surface area (TPSA) is 47.6 Å². The van der Waals surface area contributed by atoms with E-state index in [-0.39, 0.29) is 11.9 Å². The number of benzene rings is 3. The van der Waals surface area contributed by atoms with Gasteiger partial charge in [0.25, 0.3) is 5.91 Å². The SMILES string of the molecule is Cc1ccc(OCC(C)NC(=O)c2cccc(OCc3ccccc3)c2)cc1. The van der Waals surface area contributed by atoms with Crippen molar-refractivity contribution in [2.45, 2.75) is 26.5 Å². The Hall–Kier alpha value is -3.27. The zero-order valence-electron chi connectivity index (χ0n) is 16.2. The van der Waals surface area contributed by atoms with Gasteiger partial charge in [-0.2, -0.15) is 0 Å². The van der Waals surface area contributed by atoms with Crippen molar-refractivity contribution >= 4 is 5.91 Å². The standard InChI is InChI=1S/C24H25NO3/c1-18-11-13-22(14-12-18)27-16-19(2)25-24(26)21-9-6-10-23(15-21)28-17-20-7-4-3-5-8-20/h3-15,19H,16-17H2,1-2H3,(H,25,26). The van der Waals surface area contributed by atoms with Crippen LogP contribution in [-0.2, 0) is 6.61 Å². The van der Waals surface area contributed by atoms with Gasteiger partial charge in [0.2, 0.25) is 0 Å². The number of amides is 1. The lowest BCUT2D eigenvalue weighted by atomic mass is 10.2. The van der Waals surface area contributed by atoms with Crippen LogP contribution in [0.25, 0.3) is 0 Å². The monoisotopic (exact) mass is 375 g/mol. The van der Waals surface area contributed by atoms with Gasteiger partial charge in [0.05, 0.1) is 6.04 Å². The predicted molar refractivity (Wildman–Crippen MR) is 111 cm³/mol. The van der Waals surface area contributed by atoms with Gasteiger partial charge in [-0.25, -0.2) is 0 Å². The summed E-state index contributed by atoms with van der Waals surface area (Å²) in [6.07, 6.45) is 0. The molecule has 0 aliphatic heterocycles. The quantitative estimate of drug-likeness (QED) is 0.617. The Labute approximate surface area is 166 Å². The van der Waals surface area contributed by atoms with Crippen molar-refractivity contribution in [3.8, 4) is 11.5 Å². The van der Waals surface area contributed by atoms with Crippen LogP contribution in [0.2, 0.25) is 0 Å². The number of aryl methyl sites for hydroxylation is 1. The third-order valence-electron chi connectivity index (χ3n) is 4.24. The molecule has 1 amide bonds. The van der Waals surface area contributed by atoms with Crippen LogP contribution in [0, 0.1) is 6.92 Å². The van der Waals surface area contributed by atoms with Crippen LogP contribution in [0.4, 0.5) is 0 Å². The first kappa shape index (κ1) is 19.5. The number of ether oxygens (including phenoxy) is 2. The molecule has 3 aromatic rings. The summed E-state index contributed by atoms with van der Waals surface area (Å²) in [7, 11) is 0. The molecule has 4 nitrogen and oxygen atoms in total. The van der Waals surface area contributed by atoms with E-state index in [4.69, 9.17) is 9.47 Å². The molecular weight excluding hydrogens is 350 g/mol. The number of hydrogen-bond acceptors (Lipinski definition) is 3. The summed E-state index contributed by atoms with van der Waals surface area (Å²) in [5.41, 5.74) is 2.83. The molecule has 0 bridgehead atoms. The second-order valence-corrected chi connectivity index (χ2v) is 6.80. The highest BCUT2D eigenvalue weighted by Gasteiger charge is 2.11. The summed E-state index contributed by atoms with van der Waals surface area (Å²) in [4.78, 5) is 12.5. The Morgan fingerprint density at radius 2 is 1.64 bits per heavy atom. The fraction of sp³-hybridized carbons (Fsp3) is 0.208. The maximum absolute atomic E-state index is 12.5. The van der Waals surface area contributed by atoms with Gasteiger partial charge in [0, 0.05) is 5.56 Å². The highest BCUT2D eigenvalue weighted by atomic mass is 16.5. The van der Waals surface area contributed by atoms with E-state index in [0.717, 1.165) is 11.3 Å². The van der Waals surface area contributed by atoms with E-state index in [1.165, 1.54) is 5.56 Å². The second-order valence-electron chi connectivity index (χ2n) is 6.80. The highest BCUT2D eigenvalue weighted by molar-refractivity contribution is 5.94. The van der Waals surface area contributed by atoms with E-state index >= 15 is 0 Å². The van der Waals surface area contributed by atoms with E-state index in [0.29, 0.717) is 24.5 Å². The molecular formula is C24H25NO3. The molecule has 0 aliphatic carbocycles. The summed E-state index contributed by atoms with van der Waals surface area (Å²) in [5, 5.41) is 2.96. The lowest BCUT2D eigenvalue weighted by Crippen LogP contribution is -2.36. The smallest absolute Gasteiger partial charge is 0.251 e. The maximum Gasteiger partial charge on any atom is 0.251 e. The van der Waals surface area contributed by atoms with Gasteiger partial charge < -0.3 is 14.8 Å². The largest absolute Gasteiger partial charge is 0.491 e. The fourth-order valence-corrected chi connectivity index (χ4v) is 2.67. The van der Waals surface area contributed by atoms with Crippen LogP contribution in [0.3, 0.4) is 0 Å². The van der Waals surface area contributed by atoms with Crippen molar-refractivity contribution in [3.05, 3.63) is 95.6 Å². The lowest BCUT2D eigenvalue weighted by molar-refractivity contribution is 0.0926. The Kier molecular flexibility index (Phi) is 6.68. The van der Waals surface area contributed by atoms with Gasteiger partial charge in [-0.1, -0.05) is 54.1 Å². The van der Waals surface area contributed by atoms with Crippen LogP contribution in [0.15, 0.2) is 78.9 Å². The summed E-state index contributed by atoms with van der Waals surface area (Å²) in [5.74, 6) is 1.31. The van der Waals surface area contributed by atoms with Crippen molar-refractivity contribution in [2.24, 2.45) is 0 Å². The molecule has 0 fully saturated rings.